The summed E-state index contributed by atoms with van der Waals surface area (Å²) >= 11 is 0. The number of rotatable bonds is 6. The number of carbonyl (C=O) groups is 1. The van der Waals surface area contributed by atoms with Crippen LogP contribution in [0, 0.1) is 6.92 Å². The quantitative estimate of drug-likeness (QED) is 0.635. The molecular weight excluding hydrogens is 242 g/mol. The first kappa shape index (κ1) is 13.5. The summed E-state index contributed by atoms with van der Waals surface area (Å²) in [5.74, 6) is -0.162. The Hall–Kier alpha value is -1.88. The van der Waals surface area contributed by atoms with Crippen LogP contribution in [0.15, 0.2) is 24.4 Å². The number of hydrogen-bond donors (Lipinski definition) is 1. The first-order valence-corrected chi connectivity index (χ1v) is 6.51. The zero-order chi connectivity index (χ0) is 13.7. The molecular formula is C14H19N3O2. The van der Waals surface area contributed by atoms with Crippen molar-refractivity contribution in [3.05, 3.63) is 35.8 Å². The molecule has 1 N–H and O–H groups in total. The Labute approximate surface area is 112 Å². The highest BCUT2D eigenvalue weighted by atomic mass is 16.5. The molecule has 0 radical (unpaired) electrons. The number of fused-ring (bicyclic) bond motifs is 1. The number of aryl methyl sites for hydroxylation is 1. The minimum atomic E-state index is -0.162. The van der Waals surface area contributed by atoms with Gasteiger partial charge in [0.25, 0.3) is 0 Å². The summed E-state index contributed by atoms with van der Waals surface area (Å²) in [6, 6.07) is 5.94. The van der Waals surface area contributed by atoms with E-state index in [0.717, 1.165) is 17.0 Å². The van der Waals surface area contributed by atoms with Crippen LogP contribution in [0.1, 0.15) is 24.7 Å². The van der Waals surface area contributed by atoms with Crippen molar-refractivity contribution in [2.75, 3.05) is 13.2 Å². The molecule has 0 fully saturated rings. The fourth-order valence-corrected chi connectivity index (χ4v) is 2.01. The van der Waals surface area contributed by atoms with Gasteiger partial charge in [-0.25, -0.2) is 4.98 Å². The third-order valence-electron chi connectivity index (χ3n) is 2.93. The molecule has 0 amide bonds. The Kier molecular flexibility index (Phi) is 4.52. The maximum Gasteiger partial charge on any atom is 0.307 e. The van der Waals surface area contributed by atoms with E-state index in [2.05, 4.69) is 14.7 Å². The monoisotopic (exact) mass is 261 g/mol. The van der Waals surface area contributed by atoms with Crippen molar-refractivity contribution in [3.63, 3.8) is 0 Å². The Balaban J connectivity index is 1.91. The van der Waals surface area contributed by atoms with Crippen molar-refractivity contribution < 1.29 is 9.53 Å². The van der Waals surface area contributed by atoms with E-state index in [1.54, 1.807) is 0 Å². The average molecular weight is 261 g/mol. The highest BCUT2D eigenvalue weighted by molar-refractivity contribution is 5.69. The number of imidazole rings is 1. The maximum absolute atomic E-state index is 11.2. The molecule has 19 heavy (non-hydrogen) atoms. The van der Waals surface area contributed by atoms with Crippen LogP contribution in [-0.4, -0.2) is 28.5 Å². The number of ether oxygens (including phenoxy) is 1. The van der Waals surface area contributed by atoms with Crippen molar-refractivity contribution >= 4 is 11.6 Å². The first-order chi connectivity index (χ1) is 9.22. The van der Waals surface area contributed by atoms with Crippen molar-refractivity contribution in [2.24, 2.45) is 0 Å². The van der Waals surface area contributed by atoms with E-state index in [1.165, 1.54) is 0 Å². The van der Waals surface area contributed by atoms with E-state index in [4.69, 9.17) is 4.74 Å². The van der Waals surface area contributed by atoms with Gasteiger partial charge in [0.15, 0.2) is 0 Å². The smallest absolute Gasteiger partial charge is 0.307 e. The molecule has 2 heterocycles. The number of esters is 1. The van der Waals surface area contributed by atoms with E-state index in [9.17, 15) is 4.79 Å². The van der Waals surface area contributed by atoms with Crippen LogP contribution in [0.5, 0.6) is 0 Å². The van der Waals surface area contributed by atoms with Gasteiger partial charge in [-0.2, -0.15) is 0 Å². The predicted octanol–water partition coefficient (Wildman–Crippen LogP) is 1.69. The molecule has 0 bridgehead atoms. The second kappa shape index (κ2) is 6.33. The van der Waals surface area contributed by atoms with Gasteiger partial charge >= 0.3 is 5.97 Å². The number of aromatic nitrogens is 2. The molecule has 0 spiro atoms. The van der Waals surface area contributed by atoms with Gasteiger partial charge in [0.05, 0.1) is 24.4 Å². The average Bonchev–Trinajstić information content (AvgIpc) is 2.71. The highest BCUT2D eigenvalue weighted by Gasteiger charge is 2.07. The second-order valence-corrected chi connectivity index (χ2v) is 4.30. The van der Waals surface area contributed by atoms with E-state index in [0.29, 0.717) is 26.1 Å². The van der Waals surface area contributed by atoms with Gasteiger partial charge in [0.1, 0.15) is 5.65 Å². The van der Waals surface area contributed by atoms with Crippen molar-refractivity contribution in [2.45, 2.75) is 26.8 Å². The van der Waals surface area contributed by atoms with Gasteiger partial charge in [-0.3, -0.25) is 4.79 Å². The molecule has 0 aromatic carbocycles. The summed E-state index contributed by atoms with van der Waals surface area (Å²) in [5, 5.41) is 3.25. The van der Waals surface area contributed by atoms with Crippen molar-refractivity contribution in [1.29, 1.82) is 0 Å². The van der Waals surface area contributed by atoms with Crippen LogP contribution in [0.25, 0.3) is 5.65 Å². The Morgan fingerprint density at radius 3 is 3.11 bits per heavy atom. The normalized spacial score (nSPS) is 10.8. The molecule has 0 atom stereocenters. The molecule has 0 aliphatic rings. The molecule has 0 aliphatic heterocycles. The fraction of sp³-hybridized carbons (Fsp3) is 0.429. The first-order valence-electron chi connectivity index (χ1n) is 6.51. The zero-order valence-electron chi connectivity index (χ0n) is 11.3. The number of pyridine rings is 1. The Morgan fingerprint density at radius 2 is 2.32 bits per heavy atom. The van der Waals surface area contributed by atoms with Crippen LogP contribution in [0.3, 0.4) is 0 Å². The third-order valence-corrected chi connectivity index (χ3v) is 2.93. The van der Waals surface area contributed by atoms with Gasteiger partial charge in [-0.15, -0.1) is 0 Å². The lowest BCUT2D eigenvalue weighted by molar-refractivity contribution is -0.142. The predicted molar refractivity (Wildman–Crippen MR) is 72.9 cm³/mol. The van der Waals surface area contributed by atoms with Crippen LogP contribution in [0.4, 0.5) is 0 Å². The van der Waals surface area contributed by atoms with Crippen LogP contribution in [-0.2, 0) is 16.1 Å². The second-order valence-electron chi connectivity index (χ2n) is 4.30. The third kappa shape index (κ3) is 3.32. The minimum Gasteiger partial charge on any atom is -0.466 e. The lowest BCUT2D eigenvalue weighted by Gasteiger charge is -2.06. The molecule has 102 valence electrons. The molecule has 0 aliphatic carbocycles. The standard InChI is InChI=1S/C14H19N3O2/c1-3-19-14(18)7-8-15-10-12-11(2)16-13-6-4-5-9-17(12)13/h4-6,9,15H,3,7-8,10H2,1-2H3. The number of carbonyl (C=O) groups excluding carboxylic acids is 1. The number of nitrogens with one attached hydrogen (secondary N) is 1. The summed E-state index contributed by atoms with van der Waals surface area (Å²) in [6.07, 6.45) is 2.39. The number of nitrogens with zero attached hydrogens (tertiary/aromatic N) is 2. The SMILES string of the molecule is CCOC(=O)CCNCc1c(C)nc2ccccn12. The minimum absolute atomic E-state index is 0.162. The summed E-state index contributed by atoms with van der Waals surface area (Å²) in [5.41, 5.74) is 3.08. The van der Waals surface area contributed by atoms with Crippen LogP contribution < -0.4 is 5.32 Å². The topological polar surface area (TPSA) is 55.6 Å². The molecule has 0 saturated heterocycles. The van der Waals surface area contributed by atoms with Gasteiger partial charge < -0.3 is 14.5 Å². The largest absolute Gasteiger partial charge is 0.466 e. The van der Waals surface area contributed by atoms with Gasteiger partial charge in [-0.05, 0) is 26.0 Å². The lowest BCUT2D eigenvalue weighted by Crippen LogP contribution is -2.20. The summed E-state index contributed by atoms with van der Waals surface area (Å²) in [6.45, 7) is 5.54. The van der Waals surface area contributed by atoms with Crippen LogP contribution in [0.2, 0.25) is 0 Å². The Bertz CT molecular complexity index is 563. The van der Waals surface area contributed by atoms with Crippen molar-refractivity contribution in [1.82, 2.24) is 14.7 Å². The summed E-state index contributed by atoms with van der Waals surface area (Å²) < 4.78 is 6.94. The molecule has 5 heteroatoms. The number of hydrogen-bond acceptors (Lipinski definition) is 4. The summed E-state index contributed by atoms with van der Waals surface area (Å²) in [4.78, 5) is 15.7. The van der Waals surface area contributed by atoms with E-state index in [-0.39, 0.29) is 5.97 Å². The van der Waals surface area contributed by atoms with E-state index >= 15 is 0 Å². The highest BCUT2D eigenvalue weighted by Crippen LogP contribution is 2.11. The Morgan fingerprint density at radius 1 is 1.47 bits per heavy atom. The molecule has 5 nitrogen and oxygen atoms in total. The van der Waals surface area contributed by atoms with Gasteiger partial charge in [0, 0.05) is 19.3 Å². The lowest BCUT2D eigenvalue weighted by atomic mass is 10.3. The molecule has 0 unspecified atom stereocenters. The van der Waals surface area contributed by atoms with Crippen molar-refractivity contribution in [3.8, 4) is 0 Å². The van der Waals surface area contributed by atoms with E-state index in [1.807, 2.05) is 38.2 Å². The summed E-state index contributed by atoms with van der Waals surface area (Å²) in [7, 11) is 0. The fourth-order valence-electron chi connectivity index (χ4n) is 2.01. The van der Waals surface area contributed by atoms with Gasteiger partial charge in [0.2, 0.25) is 0 Å². The van der Waals surface area contributed by atoms with E-state index < -0.39 is 0 Å². The molecule has 2 aromatic heterocycles. The maximum atomic E-state index is 11.2. The molecule has 0 saturated carbocycles. The molecule has 2 aromatic rings. The molecule has 2 rings (SSSR count). The van der Waals surface area contributed by atoms with Crippen LogP contribution >= 0.6 is 0 Å². The van der Waals surface area contributed by atoms with Gasteiger partial charge in [-0.1, -0.05) is 6.07 Å². The zero-order valence-corrected chi connectivity index (χ0v) is 11.3.